The van der Waals surface area contributed by atoms with Crippen LogP contribution >= 0.6 is 34.7 Å². The molecular formula is C16H20ClN3OS2. The van der Waals surface area contributed by atoms with Crippen LogP contribution in [-0.4, -0.2) is 28.9 Å². The molecule has 0 fully saturated rings. The molecule has 0 aliphatic rings. The van der Waals surface area contributed by atoms with Gasteiger partial charge >= 0.3 is 0 Å². The number of rotatable bonds is 7. The van der Waals surface area contributed by atoms with Crippen LogP contribution in [0.1, 0.15) is 22.6 Å². The summed E-state index contributed by atoms with van der Waals surface area (Å²) in [6.45, 7) is 1.94. The fourth-order valence-electron chi connectivity index (χ4n) is 2.03. The van der Waals surface area contributed by atoms with Crippen molar-refractivity contribution in [2.24, 2.45) is 5.73 Å². The van der Waals surface area contributed by atoms with E-state index in [0.29, 0.717) is 18.0 Å². The Bertz CT molecular complexity index is 675. The SMILES string of the molecule is CSCC[C@H](N)C(=O)Nc1nc(C)c(Cc2ccccc2Cl)s1. The van der Waals surface area contributed by atoms with Crippen molar-refractivity contribution >= 4 is 45.7 Å². The van der Waals surface area contributed by atoms with E-state index in [1.165, 1.54) is 11.3 Å². The average Bonchev–Trinajstić information content (AvgIpc) is 2.86. The Balaban J connectivity index is 2.03. The summed E-state index contributed by atoms with van der Waals surface area (Å²) >= 11 is 9.35. The third-order valence-electron chi connectivity index (χ3n) is 3.40. The van der Waals surface area contributed by atoms with Crippen LogP contribution in [0.5, 0.6) is 0 Å². The normalized spacial score (nSPS) is 12.2. The van der Waals surface area contributed by atoms with Crippen LogP contribution in [0.25, 0.3) is 0 Å². The maximum atomic E-state index is 12.1. The lowest BCUT2D eigenvalue weighted by atomic mass is 10.1. The van der Waals surface area contributed by atoms with Gasteiger partial charge in [0.25, 0.3) is 0 Å². The highest BCUT2D eigenvalue weighted by molar-refractivity contribution is 7.98. The number of hydrogen-bond donors (Lipinski definition) is 2. The second-order valence-corrected chi connectivity index (χ2v) is 7.65. The minimum absolute atomic E-state index is 0.183. The van der Waals surface area contributed by atoms with Gasteiger partial charge in [-0.05, 0) is 37.0 Å². The van der Waals surface area contributed by atoms with Gasteiger partial charge in [-0.3, -0.25) is 4.79 Å². The van der Waals surface area contributed by atoms with Gasteiger partial charge < -0.3 is 11.1 Å². The number of amides is 1. The summed E-state index contributed by atoms with van der Waals surface area (Å²) in [6, 6.07) is 7.25. The zero-order valence-electron chi connectivity index (χ0n) is 13.1. The highest BCUT2D eigenvalue weighted by Gasteiger charge is 2.16. The van der Waals surface area contributed by atoms with Gasteiger partial charge in [0.15, 0.2) is 5.13 Å². The van der Waals surface area contributed by atoms with E-state index in [0.717, 1.165) is 26.9 Å². The average molecular weight is 370 g/mol. The van der Waals surface area contributed by atoms with Crippen molar-refractivity contribution in [3.05, 3.63) is 45.4 Å². The monoisotopic (exact) mass is 369 g/mol. The Morgan fingerprint density at radius 2 is 2.22 bits per heavy atom. The van der Waals surface area contributed by atoms with E-state index >= 15 is 0 Å². The molecule has 0 radical (unpaired) electrons. The molecule has 23 heavy (non-hydrogen) atoms. The van der Waals surface area contributed by atoms with Gasteiger partial charge in [0.1, 0.15) is 0 Å². The predicted molar refractivity (Wildman–Crippen MR) is 101 cm³/mol. The number of anilines is 1. The topological polar surface area (TPSA) is 68.0 Å². The molecule has 2 aromatic rings. The molecule has 0 saturated heterocycles. The number of carbonyl (C=O) groups excluding carboxylic acids is 1. The summed E-state index contributed by atoms with van der Waals surface area (Å²) in [5.41, 5.74) is 7.83. The molecule has 0 spiro atoms. The molecule has 1 amide bonds. The number of nitrogens with one attached hydrogen (secondary N) is 1. The number of nitrogens with two attached hydrogens (primary N) is 1. The van der Waals surface area contributed by atoms with Crippen LogP contribution in [0.3, 0.4) is 0 Å². The second kappa shape index (κ2) is 8.68. The van der Waals surface area contributed by atoms with Crippen molar-refractivity contribution in [2.45, 2.75) is 25.8 Å². The molecule has 2 rings (SSSR count). The number of halogens is 1. The predicted octanol–water partition coefficient (Wildman–Crippen LogP) is 3.71. The molecule has 7 heteroatoms. The maximum Gasteiger partial charge on any atom is 0.243 e. The smallest absolute Gasteiger partial charge is 0.243 e. The Labute approximate surface area is 149 Å². The maximum absolute atomic E-state index is 12.1. The van der Waals surface area contributed by atoms with Crippen molar-refractivity contribution in [2.75, 3.05) is 17.3 Å². The van der Waals surface area contributed by atoms with E-state index in [9.17, 15) is 4.79 Å². The lowest BCUT2D eigenvalue weighted by molar-refractivity contribution is -0.117. The van der Waals surface area contributed by atoms with Crippen LogP contribution in [0.15, 0.2) is 24.3 Å². The Kier molecular flexibility index (Phi) is 6.89. The van der Waals surface area contributed by atoms with Gasteiger partial charge in [-0.1, -0.05) is 29.8 Å². The van der Waals surface area contributed by atoms with Gasteiger partial charge in [0.2, 0.25) is 5.91 Å². The first-order chi connectivity index (χ1) is 11.0. The highest BCUT2D eigenvalue weighted by atomic mass is 35.5. The number of aromatic nitrogens is 1. The first kappa shape index (κ1) is 18.3. The molecule has 0 aliphatic carbocycles. The van der Waals surface area contributed by atoms with Crippen LogP contribution in [-0.2, 0) is 11.2 Å². The quantitative estimate of drug-likeness (QED) is 0.780. The van der Waals surface area contributed by atoms with E-state index in [4.69, 9.17) is 17.3 Å². The molecular weight excluding hydrogens is 350 g/mol. The van der Waals surface area contributed by atoms with Crippen molar-refractivity contribution in [3.8, 4) is 0 Å². The highest BCUT2D eigenvalue weighted by Crippen LogP contribution is 2.27. The third kappa shape index (κ3) is 5.21. The zero-order chi connectivity index (χ0) is 16.8. The molecule has 0 unspecified atom stereocenters. The summed E-state index contributed by atoms with van der Waals surface area (Å²) in [5.74, 6) is 0.681. The number of nitrogens with zero attached hydrogens (tertiary/aromatic N) is 1. The van der Waals surface area contributed by atoms with Gasteiger partial charge in [0.05, 0.1) is 11.7 Å². The first-order valence-electron chi connectivity index (χ1n) is 7.26. The lowest BCUT2D eigenvalue weighted by Crippen LogP contribution is -2.36. The van der Waals surface area contributed by atoms with Crippen LogP contribution < -0.4 is 11.1 Å². The number of hydrogen-bond acceptors (Lipinski definition) is 5. The largest absolute Gasteiger partial charge is 0.320 e. The Hall–Kier alpha value is -1.08. The van der Waals surface area contributed by atoms with Crippen molar-refractivity contribution in [3.63, 3.8) is 0 Å². The third-order valence-corrected chi connectivity index (χ3v) is 5.49. The van der Waals surface area contributed by atoms with Crippen LogP contribution in [0.2, 0.25) is 5.02 Å². The number of thioether (sulfide) groups is 1. The van der Waals surface area contributed by atoms with Crippen molar-refractivity contribution < 1.29 is 4.79 Å². The lowest BCUT2D eigenvalue weighted by Gasteiger charge is -2.09. The molecule has 1 aromatic carbocycles. The molecule has 1 heterocycles. The number of thiazole rings is 1. The van der Waals surface area contributed by atoms with Gasteiger partial charge in [0, 0.05) is 16.3 Å². The Morgan fingerprint density at radius 3 is 2.91 bits per heavy atom. The molecule has 1 atom stereocenters. The second-order valence-electron chi connectivity index (χ2n) is 5.17. The fourth-order valence-corrected chi connectivity index (χ4v) is 3.72. The zero-order valence-corrected chi connectivity index (χ0v) is 15.5. The van der Waals surface area contributed by atoms with Crippen molar-refractivity contribution in [1.29, 1.82) is 0 Å². The molecule has 0 aliphatic heterocycles. The van der Waals surface area contributed by atoms with E-state index in [1.54, 1.807) is 11.8 Å². The van der Waals surface area contributed by atoms with E-state index in [-0.39, 0.29) is 5.91 Å². The first-order valence-corrected chi connectivity index (χ1v) is 9.85. The van der Waals surface area contributed by atoms with Gasteiger partial charge in [-0.25, -0.2) is 4.98 Å². The molecule has 1 aromatic heterocycles. The minimum atomic E-state index is -0.501. The number of carbonyl (C=O) groups is 1. The summed E-state index contributed by atoms with van der Waals surface area (Å²) in [7, 11) is 0. The van der Waals surface area contributed by atoms with Crippen LogP contribution in [0, 0.1) is 6.92 Å². The summed E-state index contributed by atoms with van der Waals surface area (Å²) in [5, 5.41) is 4.15. The van der Waals surface area contributed by atoms with Gasteiger partial charge in [-0.15, -0.1) is 11.3 Å². The van der Waals surface area contributed by atoms with E-state index in [1.807, 2.05) is 37.4 Å². The fraction of sp³-hybridized carbons (Fsp3) is 0.375. The standard InChI is InChI=1S/C16H20ClN3OS2/c1-10-14(9-11-5-3-4-6-12(11)17)23-16(19-10)20-15(21)13(18)7-8-22-2/h3-6,13H,7-9,18H2,1-2H3,(H,19,20,21)/t13-/m0/s1. The summed E-state index contributed by atoms with van der Waals surface area (Å²) in [4.78, 5) is 17.6. The molecule has 3 N–H and O–H groups in total. The van der Waals surface area contributed by atoms with Crippen molar-refractivity contribution in [1.82, 2.24) is 4.98 Å². The summed E-state index contributed by atoms with van der Waals surface area (Å²) in [6.07, 6.45) is 3.36. The molecule has 0 bridgehead atoms. The molecule has 124 valence electrons. The van der Waals surface area contributed by atoms with E-state index in [2.05, 4.69) is 10.3 Å². The minimum Gasteiger partial charge on any atom is -0.320 e. The van der Waals surface area contributed by atoms with Gasteiger partial charge in [-0.2, -0.15) is 11.8 Å². The van der Waals surface area contributed by atoms with E-state index < -0.39 is 6.04 Å². The molecule has 0 saturated carbocycles. The van der Waals surface area contributed by atoms with Crippen LogP contribution in [0.4, 0.5) is 5.13 Å². The summed E-state index contributed by atoms with van der Waals surface area (Å²) < 4.78 is 0. The molecule has 4 nitrogen and oxygen atoms in total. The Morgan fingerprint density at radius 1 is 1.48 bits per heavy atom. The number of benzene rings is 1. The number of aryl methyl sites for hydroxylation is 1.